The fourth-order valence-corrected chi connectivity index (χ4v) is 2.14. The zero-order valence-corrected chi connectivity index (χ0v) is 15.3. The average molecular weight is 367 g/mol. The SMILES string of the molecule is CC(C)(CC#N)C(=O)OCOC(=O)/C=C/c1ccc(Cn2ccnc2)cc1. The Bertz CT molecular complexity index is 831. The molecule has 1 aromatic carbocycles. The molecule has 0 saturated heterocycles. The molecule has 0 N–H and O–H groups in total. The third-order valence-electron chi connectivity index (χ3n) is 3.78. The second-order valence-electron chi connectivity index (χ2n) is 6.54. The molecule has 1 heterocycles. The molecule has 0 fully saturated rings. The lowest BCUT2D eigenvalue weighted by Crippen LogP contribution is -2.27. The third-order valence-corrected chi connectivity index (χ3v) is 3.78. The zero-order valence-electron chi connectivity index (χ0n) is 15.3. The molecule has 140 valence electrons. The van der Waals surface area contributed by atoms with Gasteiger partial charge in [0.2, 0.25) is 6.79 Å². The maximum absolute atomic E-state index is 11.8. The van der Waals surface area contributed by atoms with E-state index in [1.807, 2.05) is 41.1 Å². The minimum atomic E-state index is -0.935. The summed E-state index contributed by atoms with van der Waals surface area (Å²) in [6.07, 6.45) is 8.26. The van der Waals surface area contributed by atoms with E-state index < -0.39 is 24.1 Å². The fourth-order valence-electron chi connectivity index (χ4n) is 2.14. The largest absolute Gasteiger partial charge is 0.427 e. The van der Waals surface area contributed by atoms with Gasteiger partial charge in [0, 0.05) is 25.0 Å². The lowest BCUT2D eigenvalue weighted by atomic mass is 9.90. The van der Waals surface area contributed by atoms with Gasteiger partial charge < -0.3 is 14.0 Å². The van der Waals surface area contributed by atoms with E-state index in [0.29, 0.717) is 0 Å². The maximum atomic E-state index is 11.8. The van der Waals surface area contributed by atoms with Crippen molar-refractivity contribution < 1.29 is 19.1 Å². The molecule has 27 heavy (non-hydrogen) atoms. The van der Waals surface area contributed by atoms with E-state index in [9.17, 15) is 9.59 Å². The Balaban J connectivity index is 1.77. The number of ether oxygens (including phenoxy) is 2. The number of carbonyl (C=O) groups is 2. The molecule has 2 rings (SSSR count). The van der Waals surface area contributed by atoms with Crippen molar-refractivity contribution in [3.8, 4) is 6.07 Å². The first-order valence-electron chi connectivity index (χ1n) is 8.34. The van der Waals surface area contributed by atoms with Gasteiger partial charge in [0.15, 0.2) is 0 Å². The van der Waals surface area contributed by atoms with Gasteiger partial charge in [-0.2, -0.15) is 5.26 Å². The molecule has 7 nitrogen and oxygen atoms in total. The van der Waals surface area contributed by atoms with Crippen LogP contribution in [0.1, 0.15) is 31.4 Å². The van der Waals surface area contributed by atoms with Gasteiger partial charge in [0.1, 0.15) is 0 Å². The number of nitrogens with zero attached hydrogens (tertiary/aromatic N) is 3. The van der Waals surface area contributed by atoms with Crippen LogP contribution in [0.5, 0.6) is 0 Å². The Morgan fingerprint density at radius 1 is 1.26 bits per heavy atom. The molecule has 0 aliphatic rings. The quantitative estimate of drug-likeness (QED) is 0.404. The molecule has 0 radical (unpaired) electrons. The first-order chi connectivity index (χ1) is 12.9. The summed E-state index contributed by atoms with van der Waals surface area (Å²) in [6, 6.07) is 9.62. The number of benzene rings is 1. The second kappa shape index (κ2) is 9.34. The Morgan fingerprint density at radius 2 is 2.00 bits per heavy atom. The topological polar surface area (TPSA) is 94.2 Å². The highest BCUT2D eigenvalue weighted by atomic mass is 16.7. The van der Waals surface area contributed by atoms with Gasteiger partial charge in [0.25, 0.3) is 0 Å². The van der Waals surface area contributed by atoms with Crippen molar-refractivity contribution in [1.82, 2.24) is 9.55 Å². The molecular weight excluding hydrogens is 346 g/mol. The van der Waals surface area contributed by atoms with Crippen LogP contribution in [0.25, 0.3) is 6.08 Å². The molecule has 2 aromatic rings. The van der Waals surface area contributed by atoms with Crippen LogP contribution >= 0.6 is 0 Å². The van der Waals surface area contributed by atoms with Crippen molar-refractivity contribution in [2.24, 2.45) is 5.41 Å². The highest BCUT2D eigenvalue weighted by molar-refractivity contribution is 5.87. The number of carbonyl (C=O) groups excluding carboxylic acids is 2. The van der Waals surface area contributed by atoms with E-state index in [1.54, 1.807) is 32.4 Å². The smallest absolute Gasteiger partial charge is 0.333 e. The van der Waals surface area contributed by atoms with Gasteiger partial charge in [-0.15, -0.1) is 0 Å². The number of hydrogen-bond acceptors (Lipinski definition) is 6. The first kappa shape index (κ1) is 19.9. The van der Waals surface area contributed by atoms with Gasteiger partial charge in [-0.25, -0.2) is 9.78 Å². The number of esters is 2. The average Bonchev–Trinajstić information content (AvgIpc) is 3.14. The normalized spacial score (nSPS) is 11.1. The molecule has 0 aliphatic carbocycles. The molecular formula is C20H21N3O4. The number of nitriles is 1. The molecule has 0 spiro atoms. The summed E-state index contributed by atoms with van der Waals surface area (Å²) in [6.45, 7) is 3.42. The minimum Gasteiger partial charge on any atom is -0.427 e. The Hall–Kier alpha value is -3.40. The van der Waals surface area contributed by atoms with Crippen LogP contribution in [0.4, 0.5) is 0 Å². The van der Waals surface area contributed by atoms with Gasteiger partial charge >= 0.3 is 11.9 Å². The van der Waals surface area contributed by atoms with E-state index in [0.717, 1.165) is 17.7 Å². The molecule has 7 heteroatoms. The molecule has 0 unspecified atom stereocenters. The lowest BCUT2D eigenvalue weighted by molar-refractivity contribution is -0.171. The third kappa shape index (κ3) is 6.44. The standard InChI is InChI=1S/C20H21N3O4/c1-20(2,9-10-21)19(25)27-15-26-18(24)8-7-16-3-5-17(6-4-16)13-23-12-11-22-14-23/h3-8,11-12,14H,9,13,15H2,1-2H3/b8-7+. The maximum Gasteiger partial charge on any atom is 0.333 e. The van der Waals surface area contributed by atoms with Gasteiger partial charge in [-0.3, -0.25) is 4.79 Å². The summed E-state index contributed by atoms with van der Waals surface area (Å²) in [5.41, 5.74) is 1.02. The number of imidazole rings is 1. The minimum absolute atomic E-state index is 0.0243. The van der Waals surface area contributed by atoms with E-state index in [4.69, 9.17) is 14.7 Å². The first-order valence-corrected chi connectivity index (χ1v) is 8.34. The molecule has 0 amide bonds. The lowest BCUT2D eigenvalue weighted by Gasteiger charge is -2.18. The number of rotatable bonds is 8. The summed E-state index contributed by atoms with van der Waals surface area (Å²) in [7, 11) is 0. The summed E-state index contributed by atoms with van der Waals surface area (Å²) in [4.78, 5) is 27.5. The molecule has 0 bridgehead atoms. The van der Waals surface area contributed by atoms with Gasteiger partial charge in [-0.05, 0) is 31.1 Å². The van der Waals surface area contributed by atoms with Crippen molar-refractivity contribution in [1.29, 1.82) is 5.26 Å². The Labute approximate surface area is 157 Å². The highest BCUT2D eigenvalue weighted by Crippen LogP contribution is 2.21. The summed E-state index contributed by atoms with van der Waals surface area (Å²) < 4.78 is 11.7. The summed E-state index contributed by atoms with van der Waals surface area (Å²) in [5.74, 6) is -1.21. The van der Waals surface area contributed by atoms with Crippen LogP contribution in [0, 0.1) is 16.7 Å². The Morgan fingerprint density at radius 3 is 2.63 bits per heavy atom. The van der Waals surface area contributed by atoms with Crippen LogP contribution in [0.3, 0.4) is 0 Å². The van der Waals surface area contributed by atoms with Crippen molar-refractivity contribution in [2.75, 3.05) is 6.79 Å². The van der Waals surface area contributed by atoms with Crippen LogP contribution in [0.15, 0.2) is 49.1 Å². The molecule has 0 saturated carbocycles. The monoisotopic (exact) mass is 367 g/mol. The number of aromatic nitrogens is 2. The predicted octanol–water partition coefficient (Wildman–Crippen LogP) is 2.93. The van der Waals surface area contributed by atoms with Crippen molar-refractivity contribution >= 4 is 18.0 Å². The highest BCUT2D eigenvalue weighted by Gasteiger charge is 2.29. The molecule has 0 aliphatic heterocycles. The van der Waals surface area contributed by atoms with E-state index in [1.165, 1.54) is 6.08 Å². The van der Waals surface area contributed by atoms with E-state index >= 15 is 0 Å². The predicted molar refractivity (Wildman–Crippen MR) is 97.9 cm³/mol. The fraction of sp³-hybridized carbons (Fsp3) is 0.300. The van der Waals surface area contributed by atoms with Crippen LogP contribution in [0.2, 0.25) is 0 Å². The van der Waals surface area contributed by atoms with Crippen molar-refractivity contribution in [3.63, 3.8) is 0 Å². The molecule has 1 aromatic heterocycles. The second-order valence-corrected chi connectivity index (χ2v) is 6.54. The van der Waals surface area contributed by atoms with Gasteiger partial charge in [-0.1, -0.05) is 24.3 Å². The Kier molecular flexibility index (Phi) is 6.89. The summed E-state index contributed by atoms with van der Waals surface area (Å²) in [5, 5.41) is 8.67. The van der Waals surface area contributed by atoms with Crippen molar-refractivity contribution in [3.05, 3.63) is 60.2 Å². The van der Waals surface area contributed by atoms with Gasteiger partial charge in [0.05, 0.1) is 24.2 Å². The van der Waals surface area contributed by atoms with Crippen LogP contribution < -0.4 is 0 Å². The van der Waals surface area contributed by atoms with E-state index in [2.05, 4.69) is 4.98 Å². The van der Waals surface area contributed by atoms with Crippen LogP contribution in [-0.4, -0.2) is 28.3 Å². The number of hydrogen-bond donors (Lipinski definition) is 0. The van der Waals surface area contributed by atoms with Crippen molar-refractivity contribution in [2.45, 2.75) is 26.8 Å². The zero-order chi connectivity index (χ0) is 19.7. The van der Waals surface area contributed by atoms with Crippen LogP contribution in [-0.2, 0) is 25.6 Å². The summed E-state index contributed by atoms with van der Waals surface area (Å²) >= 11 is 0. The van der Waals surface area contributed by atoms with E-state index in [-0.39, 0.29) is 6.42 Å². The molecule has 0 atom stereocenters.